The van der Waals surface area contributed by atoms with Crippen LogP contribution in [0.2, 0.25) is 0 Å². The van der Waals surface area contributed by atoms with E-state index in [9.17, 15) is 0 Å². The van der Waals surface area contributed by atoms with Crippen molar-refractivity contribution in [1.29, 1.82) is 0 Å². The maximum Gasteiger partial charge on any atom is 0.0560 e. The number of hydrogen-bond donors (Lipinski definition) is 0. The number of aromatic nitrogens is 3. The Morgan fingerprint density at radius 3 is 1.72 bits per heavy atom. The maximum absolute atomic E-state index is 2.60. The first-order valence-corrected chi connectivity index (χ1v) is 23.9. The van der Waals surface area contributed by atoms with Gasteiger partial charge in [-0.2, -0.15) is 0 Å². The fourth-order valence-electron chi connectivity index (χ4n) is 12.7. The van der Waals surface area contributed by atoms with E-state index in [1.165, 1.54) is 111 Å². The van der Waals surface area contributed by atoms with Crippen LogP contribution in [0.1, 0.15) is 41.5 Å². The van der Waals surface area contributed by atoms with Gasteiger partial charge >= 0.3 is 0 Å². The van der Waals surface area contributed by atoms with Gasteiger partial charge in [-0.3, -0.25) is 0 Å². The zero-order chi connectivity index (χ0) is 43.8. The van der Waals surface area contributed by atoms with Crippen LogP contribution in [0, 0.1) is 0 Å². The van der Waals surface area contributed by atoms with Gasteiger partial charge in [0.15, 0.2) is 0 Å². The van der Waals surface area contributed by atoms with Gasteiger partial charge in [-0.15, -0.1) is 0 Å². The van der Waals surface area contributed by atoms with E-state index in [-0.39, 0.29) is 11.5 Å². The number of para-hydroxylation sites is 3. The highest BCUT2D eigenvalue weighted by Crippen LogP contribution is 2.66. The van der Waals surface area contributed by atoms with Crippen molar-refractivity contribution in [3.05, 3.63) is 241 Å². The molecule has 67 heavy (non-hydrogen) atoms. The topological polar surface area (TPSA) is 14.8 Å². The van der Waals surface area contributed by atoms with Crippen molar-refractivity contribution >= 4 is 65.4 Å². The van der Waals surface area contributed by atoms with E-state index >= 15 is 0 Å². The SMILES string of the molecule is C1=CCC(n2c3ccccc3c3cc4c(cc32)c2ccccc2n4-c2cc(-c3ccccc3)cc(-n3c4ccccc4c4cc5c(cc43)-c3ccccc3CC53CC3c3ccccc3)c2)C=C1. The third-order valence-corrected chi connectivity index (χ3v) is 15.8. The van der Waals surface area contributed by atoms with Gasteiger partial charge in [-0.25, -0.2) is 0 Å². The zero-order valence-electron chi connectivity index (χ0n) is 37.0. The summed E-state index contributed by atoms with van der Waals surface area (Å²) in [6.07, 6.45) is 12.2. The van der Waals surface area contributed by atoms with Gasteiger partial charge in [0.2, 0.25) is 0 Å². The number of benzene rings is 9. The van der Waals surface area contributed by atoms with Crippen molar-refractivity contribution in [3.63, 3.8) is 0 Å². The Bertz CT molecular complexity index is 4080. The summed E-state index contributed by atoms with van der Waals surface area (Å²) in [5, 5.41) is 7.70. The molecule has 3 aliphatic carbocycles. The van der Waals surface area contributed by atoms with Gasteiger partial charge in [-0.1, -0.05) is 164 Å². The van der Waals surface area contributed by atoms with Gasteiger partial charge in [0.05, 0.1) is 33.6 Å². The molecule has 1 saturated carbocycles. The third-order valence-electron chi connectivity index (χ3n) is 15.8. The number of nitrogens with zero attached hydrogens (tertiary/aromatic N) is 3. The Labute approximate surface area is 388 Å². The van der Waals surface area contributed by atoms with Crippen LogP contribution in [0.5, 0.6) is 0 Å². The molecule has 1 fully saturated rings. The molecule has 3 atom stereocenters. The smallest absolute Gasteiger partial charge is 0.0560 e. The first kappa shape index (κ1) is 37.1. The Morgan fingerprint density at radius 1 is 0.418 bits per heavy atom. The van der Waals surface area contributed by atoms with E-state index in [2.05, 4.69) is 238 Å². The van der Waals surface area contributed by atoms with E-state index < -0.39 is 0 Å². The molecule has 316 valence electrons. The Hall–Kier alpha value is -8.14. The molecule has 15 rings (SSSR count). The highest BCUT2D eigenvalue weighted by molar-refractivity contribution is 6.19. The molecule has 9 aromatic carbocycles. The van der Waals surface area contributed by atoms with Crippen LogP contribution >= 0.6 is 0 Å². The van der Waals surface area contributed by atoms with Gasteiger partial charge in [0.25, 0.3) is 0 Å². The van der Waals surface area contributed by atoms with Crippen molar-refractivity contribution < 1.29 is 0 Å². The van der Waals surface area contributed by atoms with E-state index in [1.807, 2.05) is 0 Å². The summed E-state index contributed by atoms with van der Waals surface area (Å²) in [7, 11) is 0. The molecule has 0 aliphatic heterocycles. The number of hydrogen-bond acceptors (Lipinski definition) is 0. The molecule has 0 bridgehead atoms. The highest BCUT2D eigenvalue weighted by atomic mass is 15.0. The van der Waals surface area contributed by atoms with Crippen LogP contribution in [0.4, 0.5) is 0 Å². The third kappa shape index (κ3) is 5.34. The number of rotatable bonds is 5. The first-order valence-electron chi connectivity index (χ1n) is 23.9. The largest absolute Gasteiger partial charge is 0.333 e. The van der Waals surface area contributed by atoms with E-state index in [4.69, 9.17) is 0 Å². The van der Waals surface area contributed by atoms with Crippen molar-refractivity contribution in [2.24, 2.45) is 0 Å². The Balaban J connectivity index is 1.01. The summed E-state index contributed by atoms with van der Waals surface area (Å²) in [5.74, 6) is 0.502. The molecule has 3 unspecified atom stereocenters. The monoisotopic (exact) mass is 855 g/mol. The lowest BCUT2D eigenvalue weighted by molar-refractivity contribution is 0.648. The molecule has 3 aromatic heterocycles. The average Bonchev–Trinajstić information content (AvgIpc) is 3.69. The minimum Gasteiger partial charge on any atom is -0.333 e. The molecule has 0 N–H and O–H groups in total. The standard InChI is InChI=1S/C64H45N3/c1-4-18-41(19-5-1)44-32-46(34-47(33-44)67-60-31-17-14-28-51(60)55-37-62-54(38-63(55)67)50-27-13-15-29-58(50)65(62)45-23-8-3-9-24-45)66-59-30-16-12-26-49(59)53-35-56-52(36-61(53)66)48-25-11-10-22-43(48)39-64(56)40-57(64)42-20-6-2-7-21-42/h1-23,25-38,45,57H,24,39-40H2. The fourth-order valence-corrected chi connectivity index (χ4v) is 12.7. The number of allylic oxidation sites excluding steroid dienone is 4. The molecular weight excluding hydrogens is 811 g/mol. The second-order valence-corrected chi connectivity index (χ2v) is 19.3. The van der Waals surface area contributed by atoms with Crippen molar-refractivity contribution in [3.8, 4) is 33.6 Å². The fraction of sp³-hybridized carbons (Fsp3) is 0.0938. The first-order chi connectivity index (χ1) is 33.2. The van der Waals surface area contributed by atoms with E-state index in [0.29, 0.717) is 5.92 Å². The van der Waals surface area contributed by atoms with Gasteiger partial charge in [0, 0.05) is 54.6 Å². The molecule has 0 saturated heterocycles. The van der Waals surface area contributed by atoms with Crippen LogP contribution in [0.3, 0.4) is 0 Å². The van der Waals surface area contributed by atoms with Gasteiger partial charge < -0.3 is 13.7 Å². The molecule has 3 aliphatic rings. The van der Waals surface area contributed by atoms with Crippen molar-refractivity contribution in [2.45, 2.75) is 36.6 Å². The Morgan fingerprint density at radius 2 is 1.00 bits per heavy atom. The average molecular weight is 856 g/mol. The van der Waals surface area contributed by atoms with Crippen LogP contribution < -0.4 is 0 Å². The lowest BCUT2D eigenvalue weighted by atomic mass is 9.74. The normalized spacial score (nSPS) is 18.5. The summed E-state index contributed by atoms with van der Waals surface area (Å²) < 4.78 is 7.65. The predicted octanol–water partition coefficient (Wildman–Crippen LogP) is 16.4. The lowest BCUT2D eigenvalue weighted by Gasteiger charge is -2.30. The minimum atomic E-state index is 0.0846. The molecule has 3 heterocycles. The van der Waals surface area contributed by atoms with Gasteiger partial charge in [0.1, 0.15) is 0 Å². The summed E-state index contributed by atoms with van der Waals surface area (Å²) in [5.41, 5.74) is 19.3. The molecule has 1 spiro atoms. The molecule has 3 nitrogen and oxygen atoms in total. The number of fused-ring (bicyclic) bond motifs is 13. The van der Waals surface area contributed by atoms with Crippen molar-refractivity contribution in [1.82, 2.24) is 13.7 Å². The maximum atomic E-state index is 2.60. The van der Waals surface area contributed by atoms with Crippen LogP contribution in [-0.2, 0) is 11.8 Å². The molecule has 3 heteroatoms. The second kappa shape index (κ2) is 13.9. The van der Waals surface area contributed by atoms with Gasteiger partial charge in [-0.05, 0) is 125 Å². The van der Waals surface area contributed by atoms with Crippen LogP contribution in [0.25, 0.3) is 99.0 Å². The summed E-state index contributed by atoms with van der Waals surface area (Å²) in [6, 6.07) is 76.0. The zero-order valence-corrected chi connectivity index (χ0v) is 37.0. The van der Waals surface area contributed by atoms with E-state index in [0.717, 1.165) is 24.2 Å². The molecule has 0 radical (unpaired) electrons. The molecule has 12 aromatic rings. The molecular formula is C64H45N3. The van der Waals surface area contributed by atoms with Crippen molar-refractivity contribution in [2.75, 3.05) is 0 Å². The highest BCUT2D eigenvalue weighted by Gasteiger charge is 2.58. The second-order valence-electron chi connectivity index (χ2n) is 19.3. The summed E-state index contributed by atoms with van der Waals surface area (Å²) >= 11 is 0. The van der Waals surface area contributed by atoms with E-state index in [1.54, 1.807) is 0 Å². The molecule has 0 amide bonds. The summed E-state index contributed by atoms with van der Waals surface area (Å²) in [4.78, 5) is 0. The predicted molar refractivity (Wildman–Crippen MR) is 280 cm³/mol. The quantitative estimate of drug-likeness (QED) is 0.164. The minimum absolute atomic E-state index is 0.0846. The van der Waals surface area contributed by atoms with Crippen LogP contribution in [0.15, 0.2) is 224 Å². The summed E-state index contributed by atoms with van der Waals surface area (Å²) in [6.45, 7) is 0. The van der Waals surface area contributed by atoms with Crippen LogP contribution in [-0.4, -0.2) is 13.7 Å². The lowest BCUT2D eigenvalue weighted by Crippen LogP contribution is -2.20. The Kier molecular flexibility index (Phi) is 7.72.